The van der Waals surface area contributed by atoms with Crippen LogP contribution in [0, 0.1) is 5.92 Å². The Morgan fingerprint density at radius 3 is 2.41 bits per heavy atom. The summed E-state index contributed by atoms with van der Waals surface area (Å²) in [4.78, 5) is 39.7. The molecule has 2 rings (SSSR count). The zero-order chi connectivity index (χ0) is 20.0. The smallest absolute Gasteiger partial charge is 0.355 e. The molecule has 0 aliphatic rings. The van der Waals surface area contributed by atoms with Gasteiger partial charge in [-0.15, -0.1) is 11.3 Å². The van der Waals surface area contributed by atoms with Gasteiger partial charge in [-0.05, 0) is 30.2 Å². The molecular formula is C18H21N3O5S. The zero-order valence-corrected chi connectivity index (χ0v) is 16.0. The van der Waals surface area contributed by atoms with Crippen molar-refractivity contribution in [2.24, 2.45) is 5.92 Å². The van der Waals surface area contributed by atoms with Gasteiger partial charge >= 0.3 is 5.97 Å². The Morgan fingerprint density at radius 2 is 1.89 bits per heavy atom. The van der Waals surface area contributed by atoms with Crippen LogP contribution in [0.2, 0.25) is 0 Å². The summed E-state index contributed by atoms with van der Waals surface area (Å²) in [5, 5.41) is 16.2. The van der Waals surface area contributed by atoms with E-state index in [-0.39, 0.29) is 30.0 Å². The Hall–Kier alpha value is -2.94. The number of hydrogen-bond donors (Lipinski definition) is 3. The summed E-state index contributed by atoms with van der Waals surface area (Å²) in [5.41, 5.74) is 0.359. The van der Waals surface area contributed by atoms with E-state index in [1.54, 1.807) is 24.3 Å². The second-order valence-electron chi connectivity index (χ2n) is 6.07. The van der Waals surface area contributed by atoms with Crippen LogP contribution >= 0.6 is 11.3 Å². The van der Waals surface area contributed by atoms with E-state index in [4.69, 9.17) is 9.84 Å². The van der Waals surface area contributed by atoms with Crippen molar-refractivity contribution in [1.82, 2.24) is 15.6 Å². The molecule has 0 aliphatic carbocycles. The number of ether oxygens (including phenoxy) is 1. The molecule has 0 aliphatic heterocycles. The fourth-order valence-electron chi connectivity index (χ4n) is 2.26. The highest BCUT2D eigenvalue weighted by molar-refractivity contribution is 7.09. The van der Waals surface area contributed by atoms with E-state index in [2.05, 4.69) is 15.6 Å². The van der Waals surface area contributed by atoms with E-state index >= 15 is 0 Å². The highest BCUT2D eigenvalue weighted by Crippen LogP contribution is 2.13. The lowest BCUT2D eigenvalue weighted by molar-refractivity contribution is -0.124. The average Bonchev–Trinajstić information content (AvgIpc) is 3.13. The maximum atomic E-state index is 12.5. The summed E-state index contributed by atoms with van der Waals surface area (Å²) in [6.45, 7) is 3.74. The summed E-state index contributed by atoms with van der Waals surface area (Å²) in [6, 6.07) is 5.83. The van der Waals surface area contributed by atoms with Crippen LogP contribution in [-0.2, 0) is 11.3 Å². The monoisotopic (exact) mass is 391 g/mol. The molecule has 0 fully saturated rings. The minimum Gasteiger partial charge on any atom is -0.497 e. The Morgan fingerprint density at radius 1 is 1.22 bits per heavy atom. The first kappa shape index (κ1) is 20.4. The first-order valence-electron chi connectivity index (χ1n) is 8.22. The van der Waals surface area contributed by atoms with Crippen LogP contribution in [0.1, 0.15) is 39.7 Å². The maximum absolute atomic E-state index is 12.5. The molecule has 1 aromatic heterocycles. The van der Waals surface area contributed by atoms with Gasteiger partial charge in [-0.2, -0.15) is 0 Å². The van der Waals surface area contributed by atoms with Gasteiger partial charge in [0, 0.05) is 10.9 Å². The van der Waals surface area contributed by atoms with Crippen LogP contribution in [0.3, 0.4) is 0 Å². The number of hydrogen-bond acceptors (Lipinski definition) is 6. The number of rotatable bonds is 8. The van der Waals surface area contributed by atoms with Gasteiger partial charge in [-0.3, -0.25) is 9.59 Å². The number of benzene rings is 1. The minimum atomic E-state index is -1.12. The third-order valence-corrected chi connectivity index (χ3v) is 4.62. The van der Waals surface area contributed by atoms with Gasteiger partial charge < -0.3 is 20.5 Å². The molecule has 0 saturated heterocycles. The number of thiazole rings is 1. The molecule has 144 valence electrons. The normalized spacial score (nSPS) is 11.7. The molecule has 3 N–H and O–H groups in total. The van der Waals surface area contributed by atoms with Gasteiger partial charge in [0.25, 0.3) is 5.91 Å². The third kappa shape index (κ3) is 5.52. The number of carboxylic acid groups (broad SMARTS) is 1. The van der Waals surface area contributed by atoms with E-state index in [0.29, 0.717) is 16.3 Å². The van der Waals surface area contributed by atoms with Crippen molar-refractivity contribution in [3.8, 4) is 5.75 Å². The summed E-state index contributed by atoms with van der Waals surface area (Å²) >= 11 is 1.15. The first-order chi connectivity index (χ1) is 12.8. The first-order valence-corrected chi connectivity index (χ1v) is 9.10. The lowest BCUT2D eigenvalue weighted by atomic mass is 10.0. The van der Waals surface area contributed by atoms with Crippen molar-refractivity contribution in [3.63, 3.8) is 0 Å². The third-order valence-electron chi connectivity index (χ3n) is 3.77. The van der Waals surface area contributed by atoms with Crippen LogP contribution in [-0.4, -0.2) is 41.0 Å². The number of carboxylic acids is 1. The number of methoxy groups -OCH3 is 1. The van der Waals surface area contributed by atoms with Gasteiger partial charge in [0.2, 0.25) is 5.91 Å². The largest absolute Gasteiger partial charge is 0.497 e. The van der Waals surface area contributed by atoms with Crippen molar-refractivity contribution in [2.45, 2.75) is 26.4 Å². The van der Waals surface area contributed by atoms with Crippen LogP contribution in [0.25, 0.3) is 0 Å². The number of aromatic nitrogens is 1. The number of nitrogens with zero attached hydrogens (tertiary/aromatic N) is 1. The molecule has 0 spiro atoms. The van der Waals surface area contributed by atoms with E-state index < -0.39 is 12.0 Å². The zero-order valence-electron chi connectivity index (χ0n) is 15.2. The number of aromatic carboxylic acids is 1. The number of carbonyl (C=O) groups excluding carboxylic acids is 2. The van der Waals surface area contributed by atoms with Crippen LogP contribution < -0.4 is 15.4 Å². The van der Waals surface area contributed by atoms with Crippen LogP contribution in [0.5, 0.6) is 5.75 Å². The quantitative estimate of drug-likeness (QED) is 0.633. The highest BCUT2D eigenvalue weighted by atomic mass is 32.1. The van der Waals surface area contributed by atoms with Crippen molar-refractivity contribution in [1.29, 1.82) is 0 Å². The van der Waals surface area contributed by atoms with E-state index in [1.807, 2.05) is 13.8 Å². The Bertz CT molecular complexity index is 817. The summed E-state index contributed by atoms with van der Waals surface area (Å²) < 4.78 is 5.06. The Labute approximate surface area is 160 Å². The molecule has 1 aromatic carbocycles. The number of nitrogens with one attached hydrogen (secondary N) is 2. The predicted molar refractivity (Wildman–Crippen MR) is 100 cm³/mol. The van der Waals surface area contributed by atoms with E-state index in [1.165, 1.54) is 12.5 Å². The molecule has 1 unspecified atom stereocenters. The second-order valence-corrected chi connectivity index (χ2v) is 7.02. The maximum Gasteiger partial charge on any atom is 0.355 e. The van der Waals surface area contributed by atoms with Gasteiger partial charge in [0.1, 0.15) is 16.8 Å². The fraction of sp³-hybridized carbons (Fsp3) is 0.333. The number of amides is 2. The van der Waals surface area contributed by atoms with E-state index in [9.17, 15) is 14.4 Å². The Balaban J connectivity index is 1.98. The topological polar surface area (TPSA) is 118 Å². The summed E-state index contributed by atoms with van der Waals surface area (Å²) in [6.07, 6.45) is 0. The molecule has 1 heterocycles. The summed E-state index contributed by atoms with van der Waals surface area (Å²) in [7, 11) is 1.54. The molecule has 0 radical (unpaired) electrons. The van der Waals surface area contributed by atoms with Gasteiger partial charge in [-0.25, -0.2) is 9.78 Å². The molecule has 2 amide bonds. The molecule has 0 saturated carbocycles. The average molecular weight is 391 g/mol. The Kier molecular flexibility index (Phi) is 6.89. The SMILES string of the molecule is COc1ccc(C(=O)NC(C(=O)NCc2nc(C(=O)O)cs2)C(C)C)cc1. The minimum absolute atomic E-state index is 0.0579. The lowest BCUT2D eigenvalue weighted by Gasteiger charge is -2.21. The molecule has 1 atom stereocenters. The van der Waals surface area contributed by atoms with Gasteiger partial charge in [0.05, 0.1) is 13.7 Å². The molecule has 27 heavy (non-hydrogen) atoms. The molecule has 2 aromatic rings. The van der Waals surface area contributed by atoms with Crippen molar-refractivity contribution >= 4 is 29.1 Å². The predicted octanol–water partition coefficient (Wildman–Crippen LogP) is 1.92. The molecule has 0 bridgehead atoms. The molecule has 9 heteroatoms. The molecule has 8 nitrogen and oxygen atoms in total. The van der Waals surface area contributed by atoms with Gasteiger partial charge in [0.15, 0.2) is 5.69 Å². The fourth-order valence-corrected chi connectivity index (χ4v) is 2.97. The van der Waals surface area contributed by atoms with Crippen molar-refractivity contribution in [3.05, 3.63) is 45.9 Å². The molecular weight excluding hydrogens is 370 g/mol. The standard InChI is InChI=1S/C18H21N3O5S/c1-10(2)15(21-16(22)11-4-6-12(26-3)7-5-11)17(23)19-8-14-20-13(9-27-14)18(24)25/h4-7,9-10,15H,8H2,1-3H3,(H,19,23)(H,21,22)(H,24,25). The lowest BCUT2D eigenvalue weighted by Crippen LogP contribution is -2.49. The number of carbonyl (C=O) groups is 3. The van der Waals surface area contributed by atoms with Crippen molar-refractivity contribution in [2.75, 3.05) is 7.11 Å². The highest BCUT2D eigenvalue weighted by Gasteiger charge is 2.25. The van der Waals surface area contributed by atoms with Gasteiger partial charge in [-0.1, -0.05) is 13.8 Å². The van der Waals surface area contributed by atoms with E-state index in [0.717, 1.165) is 11.3 Å². The second kappa shape index (κ2) is 9.13. The van der Waals surface area contributed by atoms with Crippen LogP contribution in [0.15, 0.2) is 29.6 Å². The summed E-state index contributed by atoms with van der Waals surface area (Å²) in [5.74, 6) is -1.35. The van der Waals surface area contributed by atoms with Crippen molar-refractivity contribution < 1.29 is 24.2 Å². The van der Waals surface area contributed by atoms with Crippen LogP contribution in [0.4, 0.5) is 0 Å².